The number of nitrogens with zero attached hydrogens (tertiary/aromatic N) is 1. The van der Waals surface area contributed by atoms with Gasteiger partial charge in [0.05, 0.1) is 25.1 Å². The average molecular weight is 384 g/mol. The molecule has 1 unspecified atom stereocenters. The van der Waals surface area contributed by atoms with Crippen molar-refractivity contribution in [2.24, 2.45) is 0 Å². The lowest BCUT2D eigenvalue weighted by atomic mass is 10.1. The summed E-state index contributed by atoms with van der Waals surface area (Å²) in [6.45, 7) is 0.479. The van der Waals surface area contributed by atoms with Crippen molar-refractivity contribution in [3.8, 4) is 11.5 Å². The van der Waals surface area contributed by atoms with Crippen LogP contribution >= 0.6 is 34.7 Å². The molecule has 0 radical (unpaired) electrons. The number of carbonyl (C=O) groups is 1. The van der Waals surface area contributed by atoms with Crippen LogP contribution in [0.1, 0.15) is 22.2 Å². The summed E-state index contributed by atoms with van der Waals surface area (Å²) in [6, 6.07) is 9.61. The van der Waals surface area contributed by atoms with Gasteiger partial charge in [-0.1, -0.05) is 23.7 Å². The van der Waals surface area contributed by atoms with E-state index in [0.717, 1.165) is 20.5 Å². The Hall–Kier alpha value is -1.37. The van der Waals surface area contributed by atoms with Gasteiger partial charge in [0.1, 0.15) is 5.37 Å². The van der Waals surface area contributed by atoms with Gasteiger partial charge in [-0.25, -0.2) is 0 Å². The first-order valence-electron chi connectivity index (χ1n) is 7.50. The number of hydrogen-bond acceptors (Lipinski definition) is 5. The molecule has 1 aromatic carbocycles. The molecule has 0 saturated carbocycles. The van der Waals surface area contributed by atoms with Gasteiger partial charge < -0.3 is 14.4 Å². The Labute approximate surface area is 154 Å². The third-order valence-electron chi connectivity index (χ3n) is 3.86. The summed E-state index contributed by atoms with van der Waals surface area (Å²) in [6.07, 6.45) is 0.548. The molecular formula is C17H18ClNO3S2. The zero-order valence-corrected chi connectivity index (χ0v) is 15.8. The number of thiophene rings is 1. The largest absolute Gasteiger partial charge is 0.493 e. The van der Waals surface area contributed by atoms with E-state index in [1.165, 1.54) is 11.3 Å². The molecule has 1 aliphatic heterocycles. The van der Waals surface area contributed by atoms with Gasteiger partial charge in [-0.3, -0.25) is 4.79 Å². The zero-order chi connectivity index (χ0) is 17.1. The second-order valence-corrected chi connectivity index (χ2v) is 8.22. The van der Waals surface area contributed by atoms with Gasteiger partial charge in [0.25, 0.3) is 0 Å². The topological polar surface area (TPSA) is 38.8 Å². The van der Waals surface area contributed by atoms with E-state index in [-0.39, 0.29) is 11.3 Å². The Morgan fingerprint density at radius 3 is 2.75 bits per heavy atom. The predicted octanol–water partition coefficient (Wildman–Crippen LogP) is 4.58. The SMILES string of the molecule is COc1cccc(CN2C(=O)CCSC2c2ccc(Cl)s2)c1OC. The van der Waals surface area contributed by atoms with Crippen LogP contribution in [0.3, 0.4) is 0 Å². The number of rotatable bonds is 5. The average Bonchev–Trinajstić information content (AvgIpc) is 3.02. The van der Waals surface area contributed by atoms with Crippen LogP contribution in [-0.4, -0.2) is 30.8 Å². The number of carbonyl (C=O) groups excluding carboxylic acids is 1. The Morgan fingerprint density at radius 1 is 1.25 bits per heavy atom. The van der Waals surface area contributed by atoms with Crippen LogP contribution in [0, 0.1) is 0 Å². The van der Waals surface area contributed by atoms with Crippen LogP contribution in [0.25, 0.3) is 0 Å². The van der Waals surface area contributed by atoms with Crippen LogP contribution in [0.4, 0.5) is 0 Å². The van der Waals surface area contributed by atoms with E-state index >= 15 is 0 Å². The van der Waals surface area contributed by atoms with Gasteiger partial charge in [0.2, 0.25) is 5.91 Å². The van der Waals surface area contributed by atoms with Crippen molar-refractivity contribution < 1.29 is 14.3 Å². The van der Waals surface area contributed by atoms with E-state index < -0.39 is 0 Å². The molecule has 0 bridgehead atoms. The van der Waals surface area contributed by atoms with E-state index in [9.17, 15) is 4.79 Å². The highest BCUT2D eigenvalue weighted by atomic mass is 35.5. The molecule has 1 fully saturated rings. The van der Waals surface area contributed by atoms with E-state index in [0.29, 0.717) is 24.5 Å². The fourth-order valence-corrected chi connectivity index (χ4v) is 5.29. The summed E-state index contributed by atoms with van der Waals surface area (Å²) in [7, 11) is 3.23. The molecule has 7 heteroatoms. The Morgan fingerprint density at radius 2 is 2.08 bits per heavy atom. The number of methoxy groups -OCH3 is 2. The molecule has 3 rings (SSSR count). The molecule has 1 aromatic heterocycles. The predicted molar refractivity (Wildman–Crippen MR) is 99.2 cm³/mol. The number of hydrogen-bond donors (Lipinski definition) is 0. The summed E-state index contributed by atoms with van der Waals surface area (Å²) in [5, 5.41) is -0.0142. The highest BCUT2D eigenvalue weighted by molar-refractivity contribution is 7.99. The highest BCUT2D eigenvalue weighted by Gasteiger charge is 2.31. The van der Waals surface area contributed by atoms with Crippen molar-refractivity contribution in [2.75, 3.05) is 20.0 Å². The minimum atomic E-state index is -0.0142. The van der Waals surface area contributed by atoms with Crippen molar-refractivity contribution in [3.05, 3.63) is 45.1 Å². The minimum Gasteiger partial charge on any atom is -0.493 e. The van der Waals surface area contributed by atoms with E-state index in [2.05, 4.69) is 0 Å². The standard InChI is InChI=1S/C17H18ClNO3S2/c1-21-12-5-3-4-11(16(12)22-2)10-19-15(20)8-9-23-17(19)13-6-7-14(18)24-13/h3-7,17H,8-10H2,1-2H3. The smallest absolute Gasteiger partial charge is 0.224 e. The van der Waals surface area contributed by atoms with Crippen molar-refractivity contribution in [1.82, 2.24) is 4.90 Å². The highest BCUT2D eigenvalue weighted by Crippen LogP contribution is 2.43. The zero-order valence-electron chi connectivity index (χ0n) is 13.5. The first-order chi connectivity index (χ1) is 11.6. The van der Waals surface area contributed by atoms with Crippen LogP contribution in [0.15, 0.2) is 30.3 Å². The van der Waals surface area contributed by atoms with Gasteiger partial charge in [-0.2, -0.15) is 0 Å². The van der Waals surface area contributed by atoms with E-state index in [4.69, 9.17) is 21.1 Å². The van der Waals surface area contributed by atoms with Crippen molar-refractivity contribution in [2.45, 2.75) is 18.3 Å². The van der Waals surface area contributed by atoms with Crippen LogP contribution in [-0.2, 0) is 11.3 Å². The van der Waals surface area contributed by atoms with E-state index in [1.807, 2.05) is 35.2 Å². The second kappa shape index (κ2) is 7.68. The maximum atomic E-state index is 12.6. The molecule has 2 aromatic rings. The third kappa shape index (κ3) is 3.50. The summed E-state index contributed by atoms with van der Waals surface area (Å²) >= 11 is 9.37. The maximum Gasteiger partial charge on any atom is 0.224 e. The lowest BCUT2D eigenvalue weighted by molar-refractivity contribution is -0.132. The molecule has 0 spiro atoms. The van der Waals surface area contributed by atoms with Gasteiger partial charge >= 0.3 is 0 Å². The van der Waals surface area contributed by atoms with Gasteiger partial charge in [0.15, 0.2) is 11.5 Å². The molecule has 1 aliphatic rings. The third-order valence-corrected chi connectivity index (χ3v) is 6.55. The minimum absolute atomic E-state index is 0.0142. The summed E-state index contributed by atoms with van der Waals surface area (Å²) < 4.78 is 11.6. The Balaban J connectivity index is 1.92. The van der Waals surface area contributed by atoms with Gasteiger partial charge in [-0.05, 0) is 18.2 Å². The molecule has 128 valence electrons. The van der Waals surface area contributed by atoms with Crippen LogP contribution in [0.5, 0.6) is 11.5 Å². The Kier molecular flexibility index (Phi) is 5.58. The Bertz CT molecular complexity index is 734. The number of halogens is 1. The van der Waals surface area contributed by atoms with Gasteiger partial charge in [0, 0.05) is 22.6 Å². The number of thioether (sulfide) groups is 1. The normalized spacial score (nSPS) is 17.9. The monoisotopic (exact) mass is 383 g/mol. The first kappa shape index (κ1) is 17.5. The summed E-state index contributed by atoms with van der Waals surface area (Å²) in [5.41, 5.74) is 0.931. The molecule has 4 nitrogen and oxygen atoms in total. The number of amides is 1. The van der Waals surface area contributed by atoms with Crippen molar-refractivity contribution in [1.29, 1.82) is 0 Å². The molecule has 0 N–H and O–H groups in total. The fourth-order valence-electron chi connectivity index (χ4n) is 2.75. The maximum absolute atomic E-state index is 12.6. The summed E-state index contributed by atoms with van der Waals surface area (Å²) in [5.74, 6) is 2.31. The fraction of sp³-hybridized carbons (Fsp3) is 0.353. The lowest BCUT2D eigenvalue weighted by Gasteiger charge is -2.35. The number of ether oxygens (including phenoxy) is 2. The van der Waals surface area contributed by atoms with Crippen LogP contribution in [0.2, 0.25) is 4.34 Å². The molecule has 0 aliphatic carbocycles. The van der Waals surface area contributed by atoms with Crippen molar-refractivity contribution in [3.63, 3.8) is 0 Å². The molecule has 2 heterocycles. The second-order valence-electron chi connectivity index (χ2n) is 5.29. The van der Waals surface area contributed by atoms with Crippen molar-refractivity contribution >= 4 is 40.6 Å². The molecule has 1 saturated heterocycles. The summed E-state index contributed by atoms with van der Waals surface area (Å²) in [4.78, 5) is 15.5. The number of para-hydroxylation sites is 1. The quantitative estimate of drug-likeness (QED) is 0.757. The molecule has 1 atom stereocenters. The number of benzene rings is 1. The molecule has 1 amide bonds. The molecule has 24 heavy (non-hydrogen) atoms. The lowest BCUT2D eigenvalue weighted by Crippen LogP contribution is -2.36. The van der Waals surface area contributed by atoms with Gasteiger partial charge in [-0.15, -0.1) is 23.1 Å². The first-order valence-corrected chi connectivity index (χ1v) is 9.74. The molecular weight excluding hydrogens is 366 g/mol. The van der Waals surface area contributed by atoms with Crippen LogP contribution < -0.4 is 9.47 Å². The van der Waals surface area contributed by atoms with E-state index in [1.54, 1.807) is 26.0 Å².